The zero-order valence-electron chi connectivity index (χ0n) is 9.16. The van der Waals surface area contributed by atoms with E-state index in [4.69, 9.17) is 4.74 Å². The van der Waals surface area contributed by atoms with E-state index in [-0.39, 0.29) is 12.6 Å². The zero-order valence-corrected chi connectivity index (χ0v) is 9.16. The van der Waals surface area contributed by atoms with Crippen molar-refractivity contribution in [2.24, 2.45) is 0 Å². The minimum atomic E-state index is -1.48. The van der Waals surface area contributed by atoms with Gasteiger partial charge in [-0.15, -0.1) is 0 Å². The van der Waals surface area contributed by atoms with E-state index in [0.29, 0.717) is 6.54 Å². The molecule has 14 heavy (non-hydrogen) atoms. The van der Waals surface area contributed by atoms with Gasteiger partial charge in [0, 0.05) is 20.2 Å². The van der Waals surface area contributed by atoms with Gasteiger partial charge in [-0.1, -0.05) is 0 Å². The van der Waals surface area contributed by atoms with E-state index < -0.39 is 11.6 Å². The Morgan fingerprint density at radius 2 is 2.14 bits per heavy atom. The Kier molecular flexibility index (Phi) is 5.68. The van der Waals surface area contributed by atoms with Crippen LogP contribution in [0.25, 0.3) is 0 Å². The molecule has 0 aliphatic heterocycles. The topological polar surface area (TPSA) is 67.8 Å². The molecule has 0 aliphatic rings. The fourth-order valence-corrected chi connectivity index (χ4v) is 0.894. The summed E-state index contributed by atoms with van der Waals surface area (Å²) in [5.41, 5.74) is -1.48. The summed E-state index contributed by atoms with van der Waals surface area (Å²) in [7, 11) is 2.85. The van der Waals surface area contributed by atoms with Gasteiger partial charge < -0.3 is 19.9 Å². The highest BCUT2D eigenvalue weighted by Gasteiger charge is 2.30. The largest absolute Gasteiger partial charge is 0.467 e. The fourth-order valence-electron chi connectivity index (χ4n) is 0.894. The van der Waals surface area contributed by atoms with E-state index in [0.717, 1.165) is 0 Å². The van der Waals surface area contributed by atoms with Crippen LogP contribution in [0.2, 0.25) is 0 Å². The van der Waals surface area contributed by atoms with Gasteiger partial charge in [0.15, 0.2) is 5.60 Å². The summed E-state index contributed by atoms with van der Waals surface area (Å²) in [6.07, 6.45) is 0.0449. The highest BCUT2D eigenvalue weighted by atomic mass is 16.5. The lowest BCUT2D eigenvalue weighted by Gasteiger charge is -2.21. The average molecular weight is 205 g/mol. The van der Waals surface area contributed by atoms with Crippen LogP contribution in [0.4, 0.5) is 0 Å². The first kappa shape index (κ1) is 13.4. The van der Waals surface area contributed by atoms with E-state index in [1.165, 1.54) is 14.0 Å². The number of hydrogen-bond acceptors (Lipinski definition) is 5. The Hall–Kier alpha value is -0.650. The van der Waals surface area contributed by atoms with Crippen molar-refractivity contribution in [2.45, 2.75) is 25.6 Å². The number of hydrogen-bond donors (Lipinski definition) is 2. The van der Waals surface area contributed by atoms with Crippen LogP contribution >= 0.6 is 0 Å². The van der Waals surface area contributed by atoms with Crippen molar-refractivity contribution in [3.8, 4) is 0 Å². The summed E-state index contributed by atoms with van der Waals surface area (Å²) in [6, 6.07) is 0. The Balaban J connectivity index is 3.82. The number of rotatable bonds is 6. The number of aliphatic hydroxyl groups is 1. The van der Waals surface area contributed by atoms with Crippen molar-refractivity contribution in [3.05, 3.63) is 0 Å². The normalized spacial score (nSPS) is 17.2. The van der Waals surface area contributed by atoms with Crippen molar-refractivity contribution in [2.75, 3.05) is 27.3 Å². The number of ether oxygens (including phenoxy) is 2. The highest BCUT2D eigenvalue weighted by molar-refractivity contribution is 5.78. The lowest BCUT2D eigenvalue weighted by Crippen LogP contribution is -2.47. The second kappa shape index (κ2) is 5.95. The Morgan fingerprint density at radius 1 is 1.57 bits per heavy atom. The number of esters is 1. The van der Waals surface area contributed by atoms with Crippen molar-refractivity contribution in [1.29, 1.82) is 0 Å². The molecule has 0 saturated heterocycles. The van der Waals surface area contributed by atoms with Gasteiger partial charge in [0.1, 0.15) is 0 Å². The van der Waals surface area contributed by atoms with Crippen LogP contribution in [0, 0.1) is 0 Å². The average Bonchev–Trinajstić information content (AvgIpc) is 2.15. The lowest BCUT2D eigenvalue weighted by atomic mass is 10.1. The van der Waals surface area contributed by atoms with Crippen LogP contribution in [0.15, 0.2) is 0 Å². The van der Waals surface area contributed by atoms with Crippen LogP contribution in [0.3, 0.4) is 0 Å². The SMILES string of the molecule is COC(=O)C(C)(O)CNCC(C)OC. The quantitative estimate of drug-likeness (QED) is 0.574. The summed E-state index contributed by atoms with van der Waals surface area (Å²) >= 11 is 0. The third kappa shape index (κ3) is 4.55. The molecule has 0 aromatic heterocycles. The minimum absolute atomic E-state index is 0.0449. The standard InChI is InChI=1S/C9H19NO4/c1-7(13-3)5-10-6-9(2,12)8(11)14-4/h7,10,12H,5-6H2,1-4H3. The molecule has 0 fully saturated rings. The number of carbonyl (C=O) groups is 1. The molecule has 2 atom stereocenters. The van der Waals surface area contributed by atoms with E-state index in [1.54, 1.807) is 7.11 Å². The van der Waals surface area contributed by atoms with E-state index in [1.807, 2.05) is 6.92 Å². The van der Waals surface area contributed by atoms with Gasteiger partial charge in [-0.3, -0.25) is 0 Å². The molecule has 5 nitrogen and oxygen atoms in total. The zero-order chi connectivity index (χ0) is 11.2. The van der Waals surface area contributed by atoms with Gasteiger partial charge in [0.05, 0.1) is 13.2 Å². The van der Waals surface area contributed by atoms with Gasteiger partial charge >= 0.3 is 5.97 Å². The summed E-state index contributed by atoms with van der Waals surface area (Å²) in [5.74, 6) is -0.643. The first-order valence-electron chi connectivity index (χ1n) is 4.48. The summed E-state index contributed by atoms with van der Waals surface area (Å²) in [4.78, 5) is 11.0. The molecule has 0 spiro atoms. The molecule has 0 aliphatic carbocycles. The van der Waals surface area contributed by atoms with E-state index in [2.05, 4.69) is 10.1 Å². The molecule has 0 rings (SSSR count). The van der Waals surface area contributed by atoms with Crippen LogP contribution in [0.1, 0.15) is 13.8 Å². The third-order valence-corrected chi connectivity index (χ3v) is 1.93. The van der Waals surface area contributed by atoms with Gasteiger partial charge in [-0.05, 0) is 13.8 Å². The van der Waals surface area contributed by atoms with Gasteiger partial charge in [-0.25, -0.2) is 4.79 Å². The molecule has 0 heterocycles. The molecule has 5 heteroatoms. The Morgan fingerprint density at radius 3 is 2.57 bits per heavy atom. The van der Waals surface area contributed by atoms with Crippen LogP contribution < -0.4 is 5.32 Å². The lowest BCUT2D eigenvalue weighted by molar-refractivity contribution is -0.160. The molecule has 0 radical (unpaired) electrons. The monoisotopic (exact) mass is 205 g/mol. The minimum Gasteiger partial charge on any atom is -0.467 e. The van der Waals surface area contributed by atoms with Crippen molar-refractivity contribution < 1.29 is 19.4 Å². The van der Waals surface area contributed by atoms with E-state index in [9.17, 15) is 9.90 Å². The summed E-state index contributed by atoms with van der Waals surface area (Å²) < 4.78 is 9.43. The molecule has 0 amide bonds. The van der Waals surface area contributed by atoms with Crippen molar-refractivity contribution in [1.82, 2.24) is 5.32 Å². The van der Waals surface area contributed by atoms with Crippen LogP contribution in [-0.4, -0.2) is 50.1 Å². The molecule has 0 saturated carbocycles. The Labute approximate surface area is 84.4 Å². The van der Waals surface area contributed by atoms with Gasteiger partial charge in [0.25, 0.3) is 0 Å². The number of carbonyl (C=O) groups excluding carboxylic acids is 1. The molecule has 0 bridgehead atoms. The molecule has 84 valence electrons. The summed E-state index contributed by atoms with van der Waals surface area (Å²) in [5, 5.41) is 12.5. The van der Waals surface area contributed by atoms with E-state index >= 15 is 0 Å². The fraction of sp³-hybridized carbons (Fsp3) is 0.889. The third-order valence-electron chi connectivity index (χ3n) is 1.93. The maximum absolute atomic E-state index is 11.0. The molecule has 2 unspecified atom stereocenters. The molecule has 0 aromatic rings. The number of nitrogens with one attached hydrogen (secondary N) is 1. The predicted molar refractivity (Wildman–Crippen MR) is 52.0 cm³/mol. The molecule has 0 aromatic carbocycles. The smallest absolute Gasteiger partial charge is 0.338 e. The predicted octanol–water partition coefficient (Wildman–Crippen LogP) is -0.465. The second-order valence-corrected chi connectivity index (χ2v) is 3.44. The number of methoxy groups -OCH3 is 2. The first-order chi connectivity index (χ1) is 6.44. The maximum atomic E-state index is 11.0. The first-order valence-corrected chi connectivity index (χ1v) is 4.48. The molecule has 2 N–H and O–H groups in total. The van der Waals surface area contributed by atoms with Gasteiger partial charge in [0.2, 0.25) is 0 Å². The highest BCUT2D eigenvalue weighted by Crippen LogP contribution is 2.03. The Bertz CT molecular complexity index is 182. The maximum Gasteiger partial charge on any atom is 0.338 e. The van der Waals surface area contributed by atoms with Gasteiger partial charge in [-0.2, -0.15) is 0 Å². The van der Waals surface area contributed by atoms with Crippen molar-refractivity contribution >= 4 is 5.97 Å². The second-order valence-electron chi connectivity index (χ2n) is 3.44. The van der Waals surface area contributed by atoms with Crippen LogP contribution in [-0.2, 0) is 14.3 Å². The molecular formula is C9H19NO4. The van der Waals surface area contributed by atoms with Crippen LogP contribution in [0.5, 0.6) is 0 Å². The molecular weight excluding hydrogens is 186 g/mol. The van der Waals surface area contributed by atoms with Crippen molar-refractivity contribution in [3.63, 3.8) is 0 Å². The summed E-state index contributed by atoms with van der Waals surface area (Å²) in [6.45, 7) is 4.01.